The number of aryl methyl sites for hydroxylation is 1. The summed E-state index contributed by atoms with van der Waals surface area (Å²) in [5.41, 5.74) is 1.83. The predicted molar refractivity (Wildman–Crippen MR) is 96.9 cm³/mol. The highest BCUT2D eigenvalue weighted by molar-refractivity contribution is 5.93. The molecule has 0 N–H and O–H groups in total. The van der Waals surface area contributed by atoms with E-state index < -0.39 is 0 Å². The first-order valence-corrected chi connectivity index (χ1v) is 7.86. The van der Waals surface area contributed by atoms with Crippen LogP contribution in [0, 0.1) is 0 Å². The fourth-order valence-corrected chi connectivity index (χ4v) is 2.54. The third-order valence-electron chi connectivity index (χ3n) is 3.78. The minimum Gasteiger partial charge on any atom is -0.497 e. The van der Waals surface area contributed by atoms with Crippen molar-refractivity contribution in [2.45, 2.75) is 12.8 Å². The van der Waals surface area contributed by atoms with Gasteiger partial charge in [0.2, 0.25) is 5.91 Å². The van der Waals surface area contributed by atoms with E-state index in [1.54, 1.807) is 25.2 Å². The Hall–Kier alpha value is -2.75. The van der Waals surface area contributed by atoms with Gasteiger partial charge in [0.15, 0.2) is 0 Å². The molecular weight excluding hydrogens is 302 g/mol. The van der Waals surface area contributed by atoms with Crippen molar-refractivity contribution in [3.05, 3.63) is 66.7 Å². The van der Waals surface area contributed by atoms with E-state index >= 15 is 0 Å². The largest absolute Gasteiger partial charge is 0.497 e. The Bertz CT molecular complexity index is 683. The van der Waals surface area contributed by atoms with Gasteiger partial charge in [-0.05, 0) is 42.3 Å². The summed E-state index contributed by atoms with van der Waals surface area (Å²) in [6.07, 6.45) is 2.70. The number of ether oxygens (including phenoxy) is 2. The molecule has 0 unspecified atom stereocenters. The normalized spacial score (nSPS) is 10.1. The lowest BCUT2D eigenvalue weighted by atomic mass is 10.1. The van der Waals surface area contributed by atoms with Crippen molar-refractivity contribution in [3.63, 3.8) is 0 Å². The fraction of sp³-hybridized carbons (Fsp3) is 0.250. The average molecular weight is 325 g/mol. The first kappa shape index (κ1) is 17.6. The summed E-state index contributed by atoms with van der Waals surface area (Å²) in [7, 11) is 3.25. The van der Waals surface area contributed by atoms with Gasteiger partial charge in [-0.2, -0.15) is 0 Å². The van der Waals surface area contributed by atoms with E-state index in [-0.39, 0.29) is 5.91 Å². The van der Waals surface area contributed by atoms with Crippen LogP contribution in [-0.2, 0) is 11.2 Å². The van der Waals surface area contributed by atoms with Gasteiger partial charge in [0.05, 0.1) is 14.2 Å². The summed E-state index contributed by atoms with van der Waals surface area (Å²) >= 11 is 0. The molecule has 0 saturated carbocycles. The van der Waals surface area contributed by atoms with Crippen LogP contribution in [0.2, 0.25) is 0 Å². The number of rotatable bonds is 8. The first-order chi connectivity index (χ1) is 11.7. The van der Waals surface area contributed by atoms with E-state index in [0.29, 0.717) is 19.4 Å². The Balaban J connectivity index is 2.12. The van der Waals surface area contributed by atoms with Crippen molar-refractivity contribution in [1.29, 1.82) is 0 Å². The standard InChI is InChI=1S/C20H23NO3/c1-4-14-21(17-8-6-5-7-9-17)20(22)13-10-16-15-18(23-2)11-12-19(16)24-3/h4-9,11-12,15H,1,10,13-14H2,2-3H3. The van der Waals surface area contributed by atoms with Gasteiger partial charge in [-0.3, -0.25) is 4.79 Å². The van der Waals surface area contributed by atoms with Gasteiger partial charge in [0, 0.05) is 18.7 Å². The lowest BCUT2D eigenvalue weighted by Gasteiger charge is -2.21. The zero-order chi connectivity index (χ0) is 17.4. The number of carbonyl (C=O) groups is 1. The second kappa shape index (κ2) is 8.77. The summed E-state index contributed by atoms with van der Waals surface area (Å²) in [4.78, 5) is 14.4. The quantitative estimate of drug-likeness (QED) is 0.692. The van der Waals surface area contributed by atoms with Crippen LogP contribution in [0.25, 0.3) is 0 Å². The van der Waals surface area contributed by atoms with E-state index in [9.17, 15) is 4.79 Å². The number of methoxy groups -OCH3 is 2. The topological polar surface area (TPSA) is 38.8 Å². The van der Waals surface area contributed by atoms with E-state index in [1.165, 1.54) is 0 Å². The van der Waals surface area contributed by atoms with Crippen LogP contribution in [-0.4, -0.2) is 26.7 Å². The minimum atomic E-state index is 0.0472. The predicted octanol–water partition coefficient (Wildman–Crippen LogP) is 3.86. The summed E-state index contributed by atoms with van der Waals surface area (Å²) < 4.78 is 10.6. The molecule has 24 heavy (non-hydrogen) atoms. The number of hydrogen-bond donors (Lipinski definition) is 0. The lowest BCUT2D eigenvalue weighted by Crippen LogP contribution is -2.31. The second-order valence-electron chi connectivity index (χ2n) is 5.31. The molecule has 0 aliphatic carbocycles. The van der Waals surface area contributed by atoms with Crippen LogP contribution in [0.15, 0.2) is 61.2 Å². The molecule has 0 radical (unpaired) electrons. The maximum absolute atomic E-state index is 12.7. The Morgan fingerprint density at radius 2 is 1.88 bits per heavy atom. The number of amides is 1. The molecule has 2 aromatic carbocycles. The van der Waals surface area contributed by atoms with Gasteiger partial charge < -0.3 is 14.4 Å². The maximum Gasteiger partial charge on any atom is 0.227 e. The van der Waals surface area contributed by atoms with E-state index in [2.05, 4.69) is 6.58 Å². The van der Waals surface area contributed by atoms with Crippen LogP contribution >= 0.6 is 0 Å². The molecule has 1 amide bonds. The second-order valence-corrected chi connectivity index (χ2v) is 5.31. The highest BCUT2D eigenvalue weighted by atomic mass is 16.5. The number of anilines is 1. The SMILES string of the molecule is C=CCN(C(=O)CCc1cc(OC)ccc1OC)c1ccccc1. The average Bonchev–Trinajstić information content (AvgIpc) is 2.64. The van der Waals surface area contributed by atoms with Crippen LogP contribution in [0.4, 0.5) is 5.69 Å². The van der Waals surface area contributed by atoms with Crippen molar-refractivity contribution < 1.29 is 14.3 Å². The third-order valence-corrected chi connectivity index (χ3v) is 3.78. The van der Waals surface area contributed by atoms with Gasteiger partial charge in [0.1, 0.15) is 11.5 Å². The molecule has 126 valence electrons. The summed E-state index contributed by atoms with van der Waals surface area (Å²) in [6.45, 7) is 4.23. The zero-order valence-electron chi connectivity index (χ0n) is 14.2. The number of nitrogens with zero attached hydrogens (tertiary/aromatic N) is 1. The monoisotopic (exact) mass is 325 g/mol. The molecular formula is C20H23NO3. The van der Waals surface area contributed by atoms with Gasteiger partial charge in [0.25, 0.3) is 0 Å². The van der Waals surface area contributed by atoms with Gasteiger partial charge in [-0.15, -0.1) is 6.58 Å². The number of hydrogen-bond acceptors (Lipinski definition) is 3. The first-order valence-electron chi connectivity index (χ1n) is 7.86. The Labute approximate surface area is 143 Å². The maximum atomic E-state index is 12.7. The highest BCUT2D eigenvalue weighted by Gasteiger charge is 2.15. The molecule has 0 bridgehead atoms. The van der Waals surface area contributed by atoms with Gasteiger partial charge >= 0.3 is 0 Å². The smallest absolute Gasteiger partial charge is 0.227 e. The van der Waals surface area contributed by atoms with Crippen LogP contribution in [0.1, 0.15) is 12.0 Å². The summed E-state index contributed by atoms with van der Waals surface area (Å²) in [5, 5.41) is 0. The zero-order valence-corrected chi connectivity index (χ0v) is 14.2. The molecule has 4 heteroatoms. The lowest BCUT2D eigenvalue weighted by molar-refractivity contribution is -0.118. The molecule has 0 fully saturated rings. The van der Waals surface area contributed by atoms with Crippen molar-refractivity contribution in [2.24, 2.45) is 0 Å². The van der Waals surface area contributed by atoms with Gasteiger partial charge in [-0.25, -0.2) is 0 Å². The van der Waals surface area contributed by atoms with Crippen molar-refractivity contribution in [1.82, 2.24) is 0 Å². The van der Waals surface area contributed by atoms with E-state index in [4.69, 9.17) is 9.47 Å². The number of carbonyl (C=O) groups excluding carboxylic acids is 1. The molecule has 0 aliphatic rings. The molecule has 4 nitrogen and oxygen atoms in total. The molecule has 0 spiro atoms. The molecule has 0 heterocycles. The van der Waals surface area contributed by atoms with Gasteiger partial charge in [-0.1, -0.05) is 24.3 Å². The Morgan fingerprint density at radius 1 is 1.12 bits per heavy atom. The third kappa shape index (κ3) is 4.38. The van der Waals surface area contributed by atoms with E-state index in [1.807, 2.05) is 48.5 Å². The van der Waals surface area contributed by atoms with Crippen LogP contribution in [0.3, 0.4) is 0 Å². The fourth-order valence-electron chi connectivity index (χ4n) is 2.54. The van der Waals surface area contributed by atoms with Crippen molar-refractivity contribution >= 4 is 11.6 Å². The Kier molecular flexibility index (Phi) is 6.43. The van der Waals surface area contributed by atoms with Crippen LogP contribution < -0.4 is 14.4 Å². The molecule has 2 rings (SSSR count). The van der Waals surface area contributed by atoms with Crippen molar-refractivity contribution in [2.75, 3.05) is 25.7 Å². The minimum absolute atomic E-state index is 0.0472. The summed E-state index contributed by atoms with van der Waals surface area (Å²) in [6, 6.07) is 15.2. The van der Waals surface area contributed by atoms with Crippen molar-refractivity contribution in [3.8, 4) is 11.5 Å². The summed E-state index contributed by atoms with van der Waals surface area (Å²) in [5.74, 6) is 1.56. The number of benzene rings is 2. The molecule has 0 saturated heterocycles. The van der Waals surface area contributed by atoms with Crippen LogP contribution in [0.5, 0.6) is 11.5 Å². The van der Waals surface area contributed by atoms with E-state index in [0.717, 1.165) is 22.7 Å². The number of para-hydroxylation sites is 1. The Morgan fingerprint density at radius 3 is 2.50 bits per heavy atom. The highest BCUT2D eigenvalue weighted by Crippen LogP contribution is 2.25. The molecule has 0 aliphatic heterocycles. The molecule has 0 atom stereocenters. The molecule has 2 aromatic rings. The molecule has 0 aromatic heterocycles.